The number of hydrogen-bond acceptors (Lipinski definition) is 5. The molecule has 1 rings (SSSR count). The molecule has 5 N–H and O–H groups in total. The van der Waals surface area contributed by atoms with E-state index in [1.165, 1.54) is 11.8 Å². The molecule has 0 aliphatic carbocycles. The minimum absolute atomic E-state index is 0.293. The quantitative estimate of drug-likeness (QED) is 0.463. The summed E-state index contributed by atoms with van der Waals surface area (Å²) < 4.78 is 0. The fourth-order valence-corrected chi connectivity index (χ4v) is 2.73. The molecule has 4 atom stereocenters. The molecule has 9 heteroatoms. The van der Waals surface area contributed by atoms with Gasteiger partial charge < -0.3 is 26.4 Å². The maximum atomic E-state index is 12.4. The predicted molar refractivity (Wildman–Crippen MR) is 90.4 cm³/mol. The average Bonchev–Trinajstić information content (AvgIpc) is 2.99. The van der Waals surface area contributed by atoms with Gasteiger partial charge in [0.2, 0.25) is 17.7 Å². The first-order chi connectivity index (χ1) is 11.6. The summed E-state index contributed by atoms with van der Waals surface area (Å²) in [6, 6.07) is -3.30. The minimum atomic E-state index is -1.13. The molecule has 0 aromatic heterocycles. The first kappa shape index (κ1) is 20.9. The second-order valence-electron chi connectivity index (χ2n) is 6.78. The molecule has 9 nitrogen and oxygen atoms in total. The fraction of sp³-hybridized carbons (Fsp3) is 0.750. The van der Waals surface area contributed by atoms with Crippen molar-refractivity contribution < 1.29 is 24.3 Å². The van der Waals surface area contributed by atoms with E-state index >= 15 is 0 Å². The lowest BCUT2D eigenvalue weighted by atomic mass is 10.0. The van der Waals surface area contributed by atoms with Crippen molar-refractivity contribution in [2.45, 2.75) is 64.7 Å². The van der Waals surface area contributed by atoms with E-state index < -0.39 is 42.0 Å². The van der Waals surface area contributed by atoms with Gasteiger partial charge in [0.05, 0.1) is 6.04 Å². The van der Waals surface area contributed by atoms with Crippen molar-refractivity contribution in [1.29, 1.82) is 0 Å². The van der Waals surface area contributed by atoms with Gasteiger partial charge in [0.1, 0.15) is 18.1 Å². The van der Waals surface area contributed by atoms with E-state index in [9.17, 15) is 19.2 Å². The number of amides is 3. The van der Waals surface area contributed by atoms with Crippen LogP contribution in [0.4, 0.5) is 0 Å². The molecule has 4 unspecified atom stereocenters. The summed E-state index contributed by atoms with van der Waals surface area (Å²) in [5, 5.41) is 14.1. The zero-order chi connectivity index (χ0) is 19.3. The average molecular weight is 356 g/mol. The van der Waals surface area contributed by atoms with Crippen molar-refractivity contribution in [1.82, 2.24) is 15.5 Å². The van der Waals surface area contributed by atoms with Gasteiger partial charge in [-0.1, -0.05) is 13.8 Å². The summed E-state index contributed by atoms with van der Waals surface area (Å²) in [5.41, 5.74) is 5.60. The van der Waals surface area contributed by atoms with E-state index in [4.69, 9.17) is 10.8 Å². The number of carbonyl (C=O) groups is 4. The van der Waals surface area contributed by atoms with Crippen LogP contribution in [0.25, 0.3) is 0 Å². The molecule has 1 aliphatic heterocycles. The van der Waals surface area contributed by atoms with Crippen LogP contribution in [0.15, 0.2) is 0 Å². The van der Waals surface area contributed by atoms with Gasteiger partial charge in [-0.25, -0.2) is 4.79 Å². The van der Waals surface area contributed by atoms with Gasteiger partial charge in [-0.05, 0) is 32.6 Å². The van der Waals surface area contributed by atoms with Gasteiger partial charge in [-0.3, -0.25) is 14.4 Å². The Kier molecular flexibility index (Phi) is 7.35. The molecular weight excluding hydrogens is 328 g/mol. The maximum Gasteiger partial charge on any atom is 0.326 e. The fourth-order valence-electron chi connectivity index (χ4n) is 2.73. The van der Waals surface area contributed by atoms with Crippen molar-refractivity contribution >= 4 is 23.7 Å². The second kappa shape index (κ2) is 8.80. The molecule has 1 aliphatic rings. The molecule has 3 amide bonds. The zero-order valence-corrected chi connectivity index (χ0v) is 15.1. The molecule has 1 heterocycles. The minimum Gasteiger partial charge on any atom is -0.480 e. The summed E-state index contributed by atoms with van der Waals surface area (Å²) >= 11 is 0. The van der Waals surface area contributed by atoms with Crippen LogP contribution in [-0.4, -0.2) is 64.4 Å². The van der Waals surface area contributed by atoms with Crippen LogP contribution in [0.3, 0.4) is 0 Å². The SMILES string of the molecule is CC(N)C(=O)N1CCCC1C(=O)NC(C)C(=O)NC(C(=O)O)C(C)C. The summed E-state index contributed by atoms with van der Waals surface area (Å²) in [7, 11) is 0. The molecule has 0 aromatic rings. The van der Waals surface area contributed by atoms with Crippen molar-refractivity contribution in [3.8, 4) is 0 Å². The molecule has 0 spiro atoms. The highest BCUT2D eigenvalue weighted by atomic mass is 16.4. The summed E-state index contributed by atoms with van der Waals surface area (Å²) in [6.45, 7) is 6.84. The number of nitrogens with one attached hydrogen (secondary N) is 2. The van der Waals surface area contributed by atoms with E-state index in [1.807, 2.05) is 0 Å². The van der Waals surface area contributed by atoms with Gasteiger partial charge in [-0.15, -0.1) is 0 Å². The molecule has 1 fully saturated rings. The third kappa shape index (κ3) is 5.42. The molecule has 0 aromatic carbocycles. The zero-order valence-electron chi connectivity index (χ0n) is 15.1. The summed E-state index contributed by atoms with van der Waals surface area (Å²) in [5.74, 6) is -2.76. The number of hydrogen-bond donors (Lipinski definition) is 4. The number of nitrogens with two attached hydrogens (primary N) is 1. The van der Waals surface area contributed by atoms with E-state index in [2.05, 4.69) is 10.6 Å². The Morgan fingerprint density at radius 1 is 1.12 bits per heavy atom. The third-order valence-electron chi connectivity index (χ3n) is 4.21. The second-order valence-corrected chi connectivity index (χ2v) is 6.78. The van der Waals surface area contributed by atoms with E-state index in [1.54, 1.807) is 20.8 Å². The van der Waals surface area contributed by atoms with E-state index in [0.717, 1.165) is 0 Å². The number of aliphatic carboxylic acids is 1. The Balaban J connectivity index is 2.67. The molecule has 25 heavy (non-hydrogen) atoms. The van der Waals surface area contributed by atoms with Crippen LogP contribution < -0.4 is 16.4 Å². The molecule has 0 radical (unpaired) electrons. The van der Waals surface area contributed by atoms with Crippen molar-refractivity contribution in [2.24, 2.45) is 11.7 Å². The van der Waals surface area contributed by atoms with E-state index in [0.29, 0.717) is 19.4 Å². The van der Waals surface area contributed by atoms with Crippen LogP contribution in [0, 0.1) is 5.92 Å². The number of nitrogens with zero attached hydrogens (tertiary/aromatic N) is 1. The van der Waals surface area contributed by atoms with Gasteiger partial charge in [0.25, 0.3) is 0 Å². The van der Waals surface area contributed by atoms with Crippen LogP contribution >= 0.6 is 0 Å². The molecule has 0 bridgehead atoms. The van der Waals surface area contributed by atoms with Gasteiger partial charge in [-0.2, -0.15) is 0 Å². The monoisotopic (exact) mass is 356 g/mol. The van der Waals surface area contributed by atoms with Crippen LogP contribution in [-0.2, 0) is 19.2 Å². The van der Waals surface area contributed by atoms with Crippen LogP contribution in [0.2, 0.25) is 0 Å². The van der Waals surface area contributed by atoms with Gasteiger partial charge >= 0.3 is 5.97 Å². The number of carboxylic acid groups (broad SMARTS) is 1. The van der Waals surface area contributed by atoms with Crippen molar-refractivity contribution in [3.05, 3.63) is 0 Å². The normalized spacial score (nSPS) is 20.7. The lowest BCUT2D eigenvalue weighted by Gasteiger charge is -2.27. The topological polar surface area (TPSA) is 142 Å². The Morgan fingerprint density at radius 2 is 1.72 bits per heavy atom. The van der Waals surface area contributed by atoms with E-state index in [-0.39, 0.29) is 11.8 Å². The smallest absolute Gasteiger partial charge is 0.326 e. The third-order valence-corrected chi connectivity index (χ3v) is 4.21. The van der Waals surface area contributed by atoms with Crippen molar-refractivity contribution in [2.75, 3.05) is 6.54 Å². The number of rotatable bonds is 7. The van der Waals surface area contributed by atoms with Gasteiger partial charge in [0.15, 0.2) is 0 Å². The Bertz CT molecular complexity index is 535. The Hall–Kier alpha value is -2.16. The highest BCUT2D eigenvalue weighted by Crippen LogP contribution is 2.18. The molecule has 0 saturated carbocycles. The first-order valence-electron chi connectivity index (χ1n) is 8.45. The Morgan fingerprint density at radius 3 is 2.20 bits per heavy atom. The summed E-state index contributed by atoms with van der Waals surface area (Å²) in [4.78, 5) is 49.2. The Labute approximate surface area is 147 Å². The molecular formula is C16H28N4O5. The lowest BCUT2D eigenvalue weighted by Crippen LogP contribution is -2.56. The molecule has 1 saturated heterocycles. The molecule has 142 valence electrons. The number of carboxylic acids is 1. The van der Waals surface area contributed by atoms with Crippen LogP contribution in [0.1, 0.15) is 40.5 Å². The summed E-state index contributed by atoms with van der Waals surface area (Å²) in [6.07, 6.45) is 1.19. The maximum absolute atomic E-state index is 12.4. The first-order valence-corrected chi connectivity index (χ1v) is 8.45. The predicted octanol–water partition coefficient (Wildman–Crippen LogP) is -0.945. The largest absolute Gasteiger partial charge is 0.480 e. The number of likely N-dealkylation sites (tertiary alicyclic amines) is 1. The highest BCUT2D eigenvalue weighted by Gasteiger charge is 2.36. The van der Waals surface area contributed by atoms with Gasteiger partial charge in [0, 0.05) is 6.54 Å². The number of carbonyl (C=O) groups excluding carboxylic acids is 3. The van der Waals surface area contributed by atoms with Crippen LogP contribution in [0.5, 0.6) is 0 Å². The standard InChI is InChI=1S/C16H28N4O5/c1-8(2)12(16(24)25)19-13(21)10(4)18-14(22)11-6-5-7-20(11)15(23)9(3)17/h8-12H,5-7,17H2,1-4H3,(H,18,22)(H,19,21)(H,24,25). The van der Waals surface area contributed by atoms with Crippen molar-refractivity contribution in [3.63, 3.8) is 0 Å². The lowest BCUT2D eigenvalue weighted by molar-refractivity contribution is -0.144. The highest BCUT2D eigenvalue weighted by molar-refractivity contribution is 5.94.